The van der Waals surface area contributed by atoms with Crippen LogP contribution in [0.4, 0.5) is 10.1 Å². The van der Waals surface area contributed by atoms with E-state index in [1.165, 1.54) is 6.07 Å². The van der Waals surface area contributed by atoms with E-state index in [1.807, 2.05) is 24.3 Å². The fourth-order valence-electron chi connectivity index (χ4n) is 1.74. The average molecular weight is 369 g/mol. The van der Waals surface area contributed by atoms with Gasteiger partial charge >= 0.3 is 0 Å². The Kier molecular flexibility index (Phi) is 4.90. The fraction of sp³-hybridized carbons (Fsp3) is 0.133. The number of amides is 1. The third-order valence-electron chi connectivity index (χ3n) is 2.69. The van der Waals surface area contributed by atoms with Gasteiger partial charge in [-0.2, -0.15) is 0 Å². The molecule has 0 aromatic heterocycles. The van der Waals surface area contributed by atoms with Crippen LogP contribution in [0.2, 0.25) is 0 Å². The SMILES string of the molecule is O=C(CCc1ccccc1F)Nc1cccc(I)c1. The lowest BCUT2D eigenvalue weighted by atomic mass is 10.1. The molecule has 0 radical (unpaired) electrons. The third-order valence-corrected chi connectivity index (χ3v) is 3.36. The Morgan fingerprint density at radius 1 is 1.16 bits per heavy atom. The van der Waals surface area contributed by atoms with E-state index < -0.39 is 0 Å². The molecule has 1 amide bonds. The molecule has 2 nitrogen and oxygen atoms in total. The van der Waals surface area contributed by atoms with Crippen LogP contribution in [-0.2, 0) is 11.2 Å². The normalized spacial score (nSPS) is 10.2. The predicted molar refractivity (Wildman–Crippen MR) is 82.5 cm³/mol. The summed E-state index contributed by atoms with van der Waals surface area (Å²) < 4.78 is 14.4. The molecular formula is C15H13FINO. The molecule has 19 heavy (non-hydrogen) atoms. The lowest BCUT2D eigenvalue weighted by Crippen LogP contribution is -2.12. The quantitative estimate of drug-likeness (QED) is 0.811. The van der Waals surface area contributed by atoms with E-state index in [0.717, 1.165) is 9.26 Å². The summed E-state index contributed by atoms with van der Waals surface area (Å²) in [4.78, 5) is 11.8. The average Bonchev–Trinajstić information content (AvgIpc) is 2.38. The Balaban J connectivity index is 1.90. The molecule has 0 fully saturated rings. The van der Waals surface area contributed by atoms with Crippen LogP contribution in [0.15, 0.2) is 48.5 Å². The van der Waals surface area contributed by atoms with Gasteiger partial charge in [-0.3, -0.25) is 4.79 Å². The molecule has 98 valence electrons. The lowest BCUT2D eigenvalue weighted by molar-refractivity contribution is -0.116. The number of carbonyl (C=O) groups is 1. The third kappa shape index (κ3) is 4.31. The van der Waals surface area contributed by atoms with Crippen molar-refractivity contribution in [3.8, 4) is 0 Å². The smallest absolute Gasteiger partial charge is 0.224 e. The van der Waals surface area contributed by atoms with Crippen LogP contribution in [0.1, 0.15) is 12.0 Å². The van der Waals surface area contributed by atoms with E-state index in [1.54, 1.807) is 18.2 Å². The topological polar surface area (TPSA) is 29.1 Å². The van der Waals surface area contributed by atoms with Gasteiger partial charge in [-0.1, -0.05) is 24.3 Å². The minimum absolute atomic E-state index is 0.106. The Morgan fingerprint density at radius 2 is 1.95 bits per heavy atom. The van der Waals surface area contributed by atoms with Crippen molar-refractivity contribution in [3.63, 3.8) is 0 Å². The zero-order valence-corrected chi connectivity index (χ0v) is 12.4. The van der Waals surface area contributed by atoms with Crippen LogP contribution >= 0.6 is 22.6 Å². The molecule has 0 aliphatic heterocycles. The monoisotopic (exact) mass is 369 g/mol. The van der Waals surface area contributed by atoms with Crippen LogP contribution in [0.25, 0.3) is 0 Å². The molecule has 0 atom stereocenters. The van der Waals surface area contributed by atoms with Crippen molar-refractivity contribution in [2.45, 2.75) is 12.8 Å². The number of anilines is 1. The van der Waals surface area contributed by atoms with Crippen LogP contribution < -0.4 is 5.32 Å². The molecule has 0 bridgehead atoms. The molecule has 4 heteroatoms. The van der Waals surface area contributed by atoms with E-state index in [2.05, 4.69) is 27.9 Å². The molecule has 1 N–H and O–H groups in total. The molecule has 2 aromatic carbocycles. The highest BCUT2D eigenvalue weighted by Crippen LogP contribution is 2.14. The first-order valence-electron chi connectivity index (χ1n) is 5.94. The summed E-state index contributed by atoms with van der Waals surface area (Å²) in [6, 6.07) is 14.1. The standard InChI is InChI=1S/C15H13FINO/c16-14-7-2-1-4-11(14)8-9-15(19)18-13-6-3-5-12(17)10-13/h1-7,10H,8-9H2,(H,18,19). The van der Waals surface area contributed by atoms with Crippen molar-refractivity contribution in [1.82, 2.24) is 0 Å². The maximum Gasteiger partial charge on any atom is 0.224 e. The first kappa shape index (κ1) is 14.0. The van der Waals surface area contributed by atoms with Crippen LogP contribution in [0.3, 0.4) is 0 Å². The molecular weight excluding hydrogens is 356 g/mol. The second kappa shape index (κ2) is 6.65. The number of aryl methyl sites for hydroxylation is 1. The molecule has 0 saturated carbocycles. The van der Waals surface area contributed by atoms with Gasteiger partial charge in [0, 0.05) is 15.7 Å². The summed E-state index contributed by atoms with van der Waals surface area (Å²) in [5.41, 5.74) is 1.34. The highest BCUT2D eigenvalue weighted by Gasteiger charge is 2.06. The van der Waals surface area contributed by atoms with Gasteiger partial charge < -0.3 is 5.32 Å². The zero-order chi connectivity index (χ0) is 13.7. The number of hydrogen-bond donors (Lipinski definition) is 1. The summed E-state index contributed by atoms with van der Waals surface area (Å²) in [6.07, 6.45) is 0.675. The fourth-order valence-corrected chi connectivity index (χ4v) is 2.28. The van der Waals surface area contributed by atoms with Crippen LogP contribution in [0.5, 0.6) is 0 Å². The molecule has 0 aliphatic rings. The number of carbonyl (C=O) groups excluding carboxylic acids is 1. The van der Waals surface area contributed by atoms with E-state index in [4.69, 9.17) is 0 Å². The molecule has 2 rings (SSSR count). The number of nitrogens with one attached hydrogen (secondary N) is 1. The second-order valence-electron chi connectivity index (χ2n) is 4.15. The summed E-state index contributed by atoms with van der Waals surface area (Å²) in [5.74, 6) is -0.366. The Hall–Kier alpha value is -1.43. The van der Waals surface area contributed by atoms with Crippen LogP contribution in [0, 0.1) is 9.39 Å². The van der Waals surface area contributed by atoms with Gasteiger partial charge in [0.15, 0.2) is 0 Å². The minimum Gasteiger partial charge on any atom is -0.326 e. The van der Waals surface area contributed by atoms with Crippen molar-refractivity contribution >= 4 is 34.2 Å². The number of rotatable bonds is 4. The van der Waals surface area contributed by atoms with Gasteiger partial charge in [-0.15, -0.1) is 0 Å². The van der Waals surface area contributed by atoms with Gasteiger partial charge in [-0.25, -0.2) is 4.39 Å². The van der Waals surface area contributed by atoms with Crippen molar-refractivity contribution in [2.75, 3.05) is 5.32 Å². The van der Waals surface area contributed by atoms with Gasteiger partial charge in [0.2, 0.25) is 5.91 Å². The van der Waals surface area contributed by atoms with E-state index in [9.17, 15) is 9.18 Å². The van der Waals surface area contributed by atoms with Gasteiger partial charge in [-0.05, 0) is 58.8 Å². The maximum atomic E-state index is 13.4. The summed E-state index contributed by atoms with van der Waals surface area (Å²) in [6.45, 7) is 0. The molecule has 0 aliphatic carbocycles. The van der Waals surface area contributed by atoms with E-state index in [-0.39, 0.29) is 18.1 Å². The summed E-state index contributed by atoms with van der Waals surface area (Å²) in [7, 11) is 0. The molecule has 0 spiro atoms. The predicted octanol–water partition coefficient (Wildman–Crippen LogP) is 4.00. The molecule has 2 aromatic rings. The highest BCUT2D eigenvalue weighted by atomic mass is 127. The number of benzene rings is 2. The first-order chi connectivity index (χ1) is 9.15. The van der Waals surface area contributed by atoms with E-state index >= 15 is 0 Å². The molecule has 0 saturated heterocycles. The second-order valence-corrected chi connectivity index (χ2v) is 5.40. The molecule has 0 unspecified atom stereocenters. The number of hydrogen-bond acceptors (Lipinski definition) is 1. The van der Waals surface area contributed by atoms with Crippen molar-refractivity contribution in [1.29, 1.82) is 0 Å². The van der Waals surface area contributed by atoms with Crippen molar-refractivity contribution in [3.05, 3.63) is 63.5 Å². The Labute approximate surface area is 125 Å². The van der Waals surface area contributed by atoms with Crippen molar-refractivity contribution < 1.29 is 9.18 Å². The largest absolute Gasteiger partial charge is 0.326 e. The van der Waals surface area contributed by atoms with Gasteiger partial charge in [0.25, 0.3) is 0 Å². The summed E-state index contributed by atoms with van der Waals surface area (Å²) >= 11 is 2.19. The first-order valence-corrected chi connectivity index (χ1v) is 7.02. The Bertz CT molecular complexity index is 586. The van der Waals surface area contributed by atoms with Gasteiger partial charge in [0.05, 0.1) is 0 Å². The maximum absolute atomic E-state index is 13.4. The molecule has 0 heterocycles. The van der Waals surface area contributed by atoms with E-state index in [0.29, 0.717) is 12.0 Å². The number of halogens is 2. The summed E-state index contributed by atoms with van der Waals surface area (Å²) in [5, 5.41) is 2.81. The van der Waals surface area contributed by atoms with Gasteiger partial charge in [0.1, 0.15) is 5.82 Å². The van der Waals surface area contributed by atoms with Crippen molar-refractivity contribution in [2.24, 2.45) is 0 Å². The zero-order valence-electron chi connectivity index (χ0n) is 10.2. The van der Waals surface area contributed by atoms with Crippen LogP contribution in [-0.4, -0.2) is 5.91 Å². The highest BCUT2D eigenvalue weighted by molar-refractivity contribution is 14.1. The lowest BCUT2D eigenvalue weighted by Gasteiger charge is -2.06. The minimum atomic E-state index is -0.260. The Morgan fingerprint density at radius 3 is 2.68 bits per heavy atom.